The third kappa shape index (κ3) is 54.0. The van der Waals surface area contributed by atoms with Crippen molar-refractivity contribution in [3.05, 3.63) is 88.1 Å². The topological polar surface area (TPSA) is 433 Å². The minimum atomic E-state index is -0.493. The minimum absolute atomic E-state index is 0. The van der Waals surface area contributed by atoms with Crippen LogP contribution in [0.5, 0.6) is 0 Å². The average molecular weight is 1750 g/mol. The van der Waals surface area contributed by atoms with Crippen molar-refractivity contribution in [1.29, 1.82) is 0 Å². The highest BCUT2D eigenvalue weighted by Crippen LogP contribution is 2.45. The van der Waals surface area contributed by atoms with Crippen molar-refractivity contribution in [1.82, 2.24) is 31.9 Å². The van der Waals surface area contributed by atoms with Gasteiger partial charge in [0.25, 0.3) is 0 Å². The van der Waals surface area contributed by atoms with Crippen LogP contribution in [0.3, 0.4) is 0 Å². The molecular weight excluding hydrogens is 1560 g/mol. The molecule has 0 radical (unpaired) electrons. The maximum Gasteiger partial charge on any atom is 0.224 e. The van der Waals surface area contributed by atoms with Crippen LogP contribution in [0, 0.1) is 107 Å². The zero-order valence-electron chi connectivity index (χ0n) is 81.5. The van der Waals surface area contributed by atoms with Gasteiger partial charge in [-0.3, -0.25) is 57.5 Å². The van der Waals surface area contributed by atoms with Crippen LogP contribution in [0.2, 0.25) is 0 Å². The lowest BCUT2D eigenvalue weighted by atomic mass is 9.73. The summed E-state index contributed by atoms with van der Waals surface area (Å²) in [5.74, 6) is -4.13. The Balaban J connectivity index is -0.000000227. The monoisotopic (exact) mass is 1750 g/mol. The summed E-state index contributed by atoms with van der Waals surface area (Å²) in [6, 6.07) is 0. The Kier molecular flexibility index (Phi) is 54.7. The molecule has 4 aliphatic carbocycles. The van der Waals surface area contributed by atoms with Crippen LogP contribution < -0.4 is 66.3 Å². The van der Waals surface area contributed by atoms with Crippen LogP contribution in [0.4, 0.5) is 0 Å². The lowest BCUT2D eigenvalue weighted by Crippen LogP contribution is -2.48. The summed E-state index contributed by atoms with van der Waals surface area (Å²) in [4.78, 5) is 146. The van der Waals surface area contributed by atoms with Gasteiger partial charge in [-0.1, -0.05) is 121 Å². The van der Waals surface area contributed by atoms with E-state index < -0.39 is 53.2 Å². The lowest BCUT2D eigenvalue weighted by Gasteiger charge is -2.34. The zero-order valence-corrected chi connectivity index (χ0v) is 81.5. The first-order chi connectivity index (χ1) is 57.0. The van der Waals surface area contributed by atoms with Gasteiger partial charge in [-0.2, -0.15) is 0 Å². The van der Waals surface area contributed by atoms with Gasteiger partial charge in [0.2, 0.25) is 70.9 Å². The van der Waals surface area contributed by atoms with Gasteiger partial charge in [-0.25, -0.2) is 0 Å². The fourth-order valence-corrected chi connectivity index (χ4v) is 15.8. The van der Waals surface area contributed by atoms with E-state index in [4.69, 9.17) is 34.4 Å². The van der Waals surface area contributed by atoms with E-state index in [1.807, 2.05) is 145 Å². The van der Waals surface area contributed by atoms with E-state index in [0.29, 0.717) is 125 Å². The SMILES string of the molecule is C=CCC[C@H](C(N)=O)[C@@H](CC(=C)C)C(=O)NC(C)(C)C.C=CCC[C@H](C(N)=O)[C@@H](CC(C)C)C(=O)NC(C)(C)C.C=CCC[C@H](C(N)=O)[C@@H](CC1CC1)C(=O)NC(C)(C)C.C=CCC[C@H](C(N)=O)[C@@H](CC1CC1C)C(=O)NC(C)(C)C.C=CCC[C@H](C(N)=O)[C@@H](CC1CCC1)C(=O)NC(C)(C)C.C=CCC[C@H](C(N)=O)[C@@H](CC1CCCC1)C(=O)NC(C)(C)C.[HH].[HH].[HH].[HH].[HH].[HH]. The Bertz CT molecular complexity index is 3310. The molecule has 124 heavy (non-hydrogen) atoms. The molecule has 14 atom stereocenters. The summed E-state index contributed by atoms with van der Waals surface area (Å²) in [7, 11) is 0. The fourth-order valence-electron chi connectivity index (χ4n) is 15.8. The van der Waals surface area contributed by atoms with Crippen LogP contribution in [-0.2, 0) is 57.5 Å². The second kappa shape index (κ2) is 57.5. The Morgan fingerprint density at radius 3 is 0.694 bits per heavy atom. The van der Waals surface area contributed by atoms with Crippen molar-refractivity contribution in [2.45, 2.75) is 365 Å². The number of rotatable bonds is 48. The van der Waals surface area contributed by atoms with Gasteiger partial charge < -0.3 is 66.3 Å². The smallest absolute Gasteiger partial charge is 0.224 e. The second-order valence-corrected chi connectivity index (χ2v) is 42.4. The molecule has 18 N–H and O–H groups in total. The van der Waals surface area contributed by atoms with Gasteiger partial charge in [0.1, 0.15) is 0 Å². The molecule has 4 aliphatic rings. The largest absolute Gasteiger partial charge is 0.369 e. The molecule has 0 heterocycles. The number of hydrogen-bond donors (Lipinski definition) is 12. The molecule has 0 aromatic heterocycles. The highest BCUT2D eigenvalue weighted by Gasteiger charge is 2.44. The number of nitrogens with one attached hydrogen (secondary N) is 6. The normalized spacial score (nSPS) is 18.1. The molecule has 0 saturated heterocycles. The standard InChI is InChI=1S/C18H32N2O2.2C17H30N2O2.C16H28N2O2.C16H30N2O2.C16H28N2O2.6H2/c1-5-6-11-14(16(19)21)15(12-13-9-7-8-10-13)17(22)20-18(2,3)4;1-6-7-8-13(15(18)20)14(10-12-9-11(12)2)16(21)19-17(3,4)5;1-5-6-10-13(15(18)20)14(11-12-8-7-9-12)16(21)19-17(2,3)4;1-5-6-7-12(14(17)19)13(10-11-8-9-11)15(20)18-16(2,3)4;2*1-7-8-9-12(14(17)19)13(10-11(2)3)15(20)18-16(4,5)6;;;;;;/h5,13-15H,1,6-12H2,2-4H3,(H2,19,21)(H,20,22);6,11-14H,1,7-10H2,2-5H3,(H2,18,20)(H,19,21);5,12-14H,1,6-11H2,2-4H3,(H2,18,20)(H,19,21);5,11-13H,1,6-10H2,2-4H3,(H2,17,19)(H,18,20);7,11-13H,1,8-10H2,2-6H3,(H2,17,19)(H,18,20);7,12-13H,1-2,8-10H2,3-6H3,(H2,17,19)(H,18,20);6*1H/t14-,15+;11?,12?,13-,14+;13-,14+;3*12-,13+;;;;;;/m000000....../s1. The molecule has 0 aromatic carbocycles. The zero-order chi connectivity index (χ0) is 96.2. The van der Waals surface area contributed by atoms with Crippen molar-refractivity contribution >= 4 is 70.9 Å². The number of amides is 12. The minimum Gasteiger partial charge on any atom is -0.369 e. The van der Waals surface area contributed by atoms with Crippen LogP contribution >= 0.6 is 0 Å². The van der Waals surface area contributed by atoms with Crippen LogP contribution in [-0.4, -0.2) is 104 Å². The number of carbonyl (C=O) groups excluding carboxylic acids is 12. The summed E-state index contributed by atoms with van der Waals surface area (Å²) in [6.07, 6.45) is 34.3. The Labute approximate surface area is 759 Å². The summed E-state index contributed by atoms with van der Waals surface area (Å²) < 4.78 is 0. The van der Waals surface area contributed by atoms with Crippen molar-refractivity contribution < 1.29 is 66.1 Å². The maximum absolute atomic E-state index is 12.7. The summed E-state index contributed by atoms with van der Waals surface area (Å²) in [6.45, 7) is 69.0. The first kappa shape index (κ1) is 118. The van der Waals surface area contributed by atoms with E-state index in [9.17, 15) is 57.5 Å². The van der Waals surface area contributed by atoms with E-state index >= 15 is 0 Å². The van der Waals surface area contributed by atoms with Crippen molar-refractivity contribution in [2.75, 3.05) is 0 Å². The second-order valence-electron chi connectivity index (χ2n) is 42.4. The van der Waals surface area contributed by atoms with Crippen LogP contribution in [0.1, 0.15) is 341 Å². The van der Waals surface area contributed by atoms with Gasteiger partial charge in [-0.05, 0) is 289 Å². The molecule has 0 spiro atoms. The lowest BCUT2D eigenvalue weighted by molar-refractivity contribution is -0.135. The first-order valence-corrected chi connectivity index (χ1v) is 46.0. The quantitative estimate of drug-likeness (QED) is 0.0253. The predicted molar refractivity (Wildman–Crippen MR) is 520 cm³/mol. The molecule has 2 unspecified atom stereocenters. The molecule has 24 heteroatoms. The summed E-state index contributed by atoms with van der Waals surface area (Å²) in [5, 5.41) is 17.9. The van der Waals surface area contributed by atoms with Crippen molar-refractivity contribution in [3.8, 4) is 0 Å². The molecule has 12 amide bonds. The molecule has 4 fully saturated rings. The molecule has 0 aromatic rings. The highest BCUT2D eigenvalue weighted by molar-refractivity contribution is 5.91. The van der Waals surface area contributed by atoms with Gasteiger partial charge in [0, 0.05) is 107 Å². The molecule has 0 aliphatic heterocycles. The number of primary amides is 6. The number of nitrogens with two attached hydrogens (primary N) is 6. The van der Waals surface area contributed by atoms with E-state index in [1.165, 1.54) is 19.3 Å². The van der Waals surface area contributed by atoms with E-state index in [0.717, 1.165) is 76.2 Å². The van der Waals surface area contributed by atoms with Gasteiger partial charge in [-0.15, -0.1) is 46.1 Å². The average Bonchev–Trinajstić information content (AvgIpc) is 1.69. The van der Waals surface area contributed by atoms with E-state index in [2.05, 4.69) is 84.9 Å². The fraction of sp³-hybridized carbons (Fsp3) is 0.740. The van der Waals surface area contributed by atoms with Gasteiger partial charge >= 0.3 is 0 Å². The van der Waals surface area contributed by atoms with Crippen LogP contribution in [0.25, 0.3) is 0 Å². The maximum atomic E-state index is 12.7. The molecular formula is C100H190N12O12. The third-order valence-electron chi connectivity index (χ3n) is 22.5. The molecule has 4 rings (SSSR count). The Morgan fingerprint density at radius 1 is 0.323 bits per heavy atom. The van der Waals surface area contributed by atoms with Gasteiger partial charge in [0.05, 0.1) is 5.92 Å². The third-order valence-corrected chi connectivity index (χ3v) is 22.5. The Morgan fingerprint density at radius 2 is 0.516 bits per heavy atom. The molecule has 4 saturated carbocycles. The number of allylic oxidation sites excluding steroid dienone is 7. The van der Waals surface area contributed by atoms with Crippen molar-refractivity contribution in [3.63, 3.8) is 0 Å². The summed E-state index contributed by atoms with van der Waals surface area (Å²) in [5.41, 5.74) is 32.2. The van der Waals surface area contributed by atoms with Crippen LogP contribution in [0.15, 0.2) is 88.1 Å². The molecule has 24 nitrogen and oxygen atoms in total. The number of hydrogen-bond acceptors (Lipinski definition) is 12. The van der Waals surface area contributed by atoms with Crippen molar-refractivity contribution in [2.24, 2.45) is 141 Å². The van der Waals surface area contributed by atoms with E-state index in [1.54, 1.807) is 36.5 Å². The molecule has 0 bridgehead atoms. The first-order valence-electron chi connectivity index (χ1n) is 46.0. The number of carbonyl (C=O) groups is 12. The Hall–Kier alpha value is -8.18. The summed E-state index contributed by atoms with van der Waals surface area (Å²) >= 11 is 0. The molecule has 722 valence electrons. The van der Waals surface area contributed by atoms with Gasteiger partial charge in [0.15, 0.2) is 0 Å². The predicted octanol–water partition coefficient (Wildman–Crippen LogP) is 17.6. The van der Waals surface area contributed by atoms with E-state index in [-0.39, 0.29) is 130 Å². The highest BCUT2D eigenvalue weighted by atomic mass is 16.2.